The van der Waals surface area contributed by atoms with Crippen LogP contribution in [0.1, 0.15) is 25.3 Å². The fourth-order valence-corrected chi connectivity index (χ4v) is 2.02. The van der Waals surface area contributed by atoms with E-state index in [2.05, 4.69) is 24.3 Å². The molecule has 0 aliphatic heterocycles. The highest BCUT2D eigenvalue weighted by atomic mass is 16.5. The number of allylic oxidation sites excluding steroid dienone is 4. The van der Waals surface area contributed by atoms with E-state index in [4.69, 9.17) is 4.74 Å². The number of benzene rings is 1. The summed E-state index contributed by atoms with van der Waals surface area (Å²) in [6.07, 6.45) is 9.42. The van der Waals surface area contributed by atoms with E-state index < -0.39 is 6.10 Å². The minimum atomic E-state index is -0.438. The zero-order valence-electron chi connectivity index (χ0n) is 10.8. The van der Waals surface area contributed by atoms with E-state index in [0.29, 0.717) is 6.61 Å². The van der Waals surface area contributed by atoms with Crippen LogP contribution < -0.4 is 4.74 Å². The number of hydrogen-bond donors (Lipinski definition) is 1. The van der Waals surface area contributed by atoms with Crippen LogP contribution in [0.2, 0.25) is 0 Å². The van der Waals surface area contributed by atoms with Crippen LogP contribution in [0.5, 0.6) is 5.75 Å². The predicted octanol–water partition coefficient (Wildman–Crippen LogP) is 3.27. The maximum Gasteiger partial charge on any atom is 0.122 e. The Morgan fingerprint density at radius 1 is 1.28 bits per heavy atom. The van der Waals surface area contributed by atoms with Crippen molar-refractivity contribution in [1.29, 1.82) is 0 Å². The predicted molar refractivity (Wildman–Crippen MR) is 73.8 cm³/mol. The van der Waals surface area contributed by atoms with Crippen molar-refractivity contribution in [1.82, 2.24) is 0 Å². The number of hydrogen-bond acceptors (Lipinski definition) is 2. The van der Waals surface area contributed by atoms with E-state index in [1.54, 1.807) is 6.92 Å². The molecule has 0 bridgehead atoms. The second-order valence-corrected chi connectivity index (χ2v) is 4.70. The van der Waals surface area contributed by atoms with Gasteiger partial charge in [-0.1, -0.05) is 36.4 Å². The first-order valence-corrected chi connectivity index (χ1v) is 6.50. The molecule has 0 aromatic heterocycles. The summed E-state index contributed by atoms with van der Waals surface area (Å²) in [6, 6.07) is 8.04. The van der Waals surface area contributed by atoms with Gasteiger partial charge in [-0.3, -0.25) is 0 Å². The molecule has 0 heterocycles. The first kappa shape index (κ1) is 12.9. The van der Waals surface area contributed by atoms with Gasteiger partial charge in [0.2, 0.25) is 0 Å². The summed E-state index contributed by atoms with van der Waals surface area (Å²) in [7, 11) is 0. The molecule has 18 heavy (non-hydrogen) atoms. The van der Waals surface area contributed by atoms with Crippen LogP contribution in [0.4, 0.5) is 0 Å². The van der Waals surface area contributed by atoms with Crippen LogP contribution in [0.25, 0.3) is 0 Å². The fraction of sp³-hybridized carbons (Fsp3) is 0.375. The van der Waals surface area contributed by atoms with Gasteiger partial charge in [0.15, 0.2) is 0 Å². The average molecular weight is 244 g/mol. The van der Waals surface area contributed by atoms with E-state index in [1.807, 2.05) is 18.2 Å². The molecular formula is C16H20O2. The lowest BCUT2D eigenvalue weighted by atomic mass is 9.99. The van der Waals surface area contributed by atoms with E-state index in [1.165, 1.54) is 11.1 Å². The minimum absolute atomic E-state index is 0.339. The largest absolute Gasteiger partial charge is 0.491 e. The molecule has 1 aromatic rings. The van der Waals surface area contributed by atoms with Crippen molar-refractivity contribution in [3.8, 4) is 5.75 Å². The van der Waals surface area contributed by atoms with Crippen molar-refractivity contribution in [2.24, 2.45) is 0 Å². The second kappa shape index (κ2) is 6.41. The summed E-state index contributed by atoms with van der Waals surface area (Å²) in [5, 5.41) is 9.28. The van der Waals surface area contributed by atoms with Gasteiger partial charge >= 0.3 is 0 Å². The van der Waals surface area contributed by atoms with Crippen LogP contribution in [0.15, 0.2) is 48.1 Å². The third-order valence-electron chi connectivity index (χ3n) is 2.92. The molecular weight excluding hydrogens is 224 g/mol. The Kier molecular flexibility index (Phi) is 4.59. The van der Waals surface area contributed by atoms with Gasteiger partial charge in [0.05, 0.1) is 6.10 Å². The van der Waals surface area contributed by atoms with Crippen LogP contribution in [0, 0.1) is 0 Å². The number of rotatable bonds is 5. The third-order valence-corrected chi connectivity index (χ3v) is 2.92. The summed E-state index contributed by atoms with van der Waals surface area (Å²) >= 11 is 0. The molecule has 0 saturated carbocycles. The lowest BCUT2D eigenvalue weighted by molar-refractivity contribution is 0.122. The Morgan fingerprint density at radius 3 is 2.83 bits per heavy atom. The lowest BCUT2D eigenvalue weighted by Crippen LogP contribution is -2.13. The maximum atomic E-state index is 9.28. The topological polar surface area (TPSA) is 29.5 Å². The SMILES string of the molecule is C[C@@H](O)COc1ccccc1CC1=CCCC=C1. The first-order valence-electron chi connectivity index (χ1n) is 6.50. The molecule has 1 aromatic carbocycles. The molecule has 2 rings (SSSR count). The lowest BCUT2D eigenvalue weighted by Gasteiger charge is -2.14. The molecule has 0 fully saturated rings. The number of para-hydroxylation sites is 1. The first-order chi connectivity index (χ1) is 8.75. The number of aliphatic hydroxyl groups is 1. The summed E-state index contributed by atoms with van der Waals surface area (Å²) in [5.41, 5.74) is 2.52. The standard InChI is InChI=1S/C16H20O2/c1-13(17)12-18-16-10-6-5-9-15(16)11-14-7-3-2-4-8-14/h3,5-10,13,17H,2,4,11-12H2,1H3/t13-/m1/s1. The molecule has 0 saturated heterocycles. The average Bonchev–Trinajstić information content (AvgIpc) is 2.39. The van der Waals surface area contributed by atoms with Crippen molar-refractivity contribution in [2.75, 3.05) is 6.61 Å². The van der Waals surface area contributed by atoms with Gasteiger partial charge in [-0.2, -0.15) is 0 Å². The number of ether oxygens (including phenoxy) is 1. The van der Waals surface area contributed by atoms with Crippen LogP contribution in [-0.2, 0) is 6.42 Å². The van der Waals surface area contributed by atoms with Gasteiger partial charge in [-0.05, 0) is 37.0 Å². The van der Waals surface area contributed by atoms with Crippen molar-refractivity contribution in [3.05, 3.63) is 53.6 Å². The van der Waals surface area contributed by atoms with Gasteiger partial charge < -0.3 is 9.84 Å². The highest BCUT2D eigenvalue weighted by Crippen LogP contribution is 2.23. The molecule has 0 radical (unpaired) electrons. The minimum Gasteiger partial charge on any atom is -0.491 e. The Hall–Kier alpha value is -1.54. The fourth-order valence-electron chi connectivity index (χ4n) is 2.02. The second-order valence-electron chi connectivity index (χ2n) is 4.70. The molecule has 1 aliphatic carbocycles. The Morgan fingerprint density at radius 2 is 2.11 bits per heavy atom. The van der Waals surface area contributed by atoms with Crippen LogP contribution >= 0.6 is 0 Å². The molecule has 1 aliphatic rings. The van der Waals surface area contributed by atoms with Crippen molar-refractivity contribution in [3.63, 3.8) is 0 Å². The van der Waals surface area contributed by atoms with Gasteiger partial charge in [-0.15, -0.1) is 0 Å². The smallest absolute Gasteiger partial charge is 0.122 e. The van der Waals surface area contributed by atoms with E-state index in [9.17, 15) is 5.11 Å². The van der Waals surface area contributed by atoms with Gasteiger partial charge in [0.1, 0.15) is 12.4 Å². The van der Waals surface area contributed by atoms with E-state index in [0.717, 1.165) is 25.0 Å². The monoisotopic (exact) mass is 244 g/mol. The third kappa shape index (κ3) is 3.74. The highest BCUT2D eigenvalue weighted by Gasteiger charge is 2.07. The molecule has 0 spiro atoms. The van der Waals surface area contributed by atoms with Gasteiger partial charge in [0, 0.05) is 6.42 Å². The van der Waals surface area contributed by atoms with Crippen molar-refractivity contribution >= 4 is 0 Å². The summed E-state index contributed by atoms with van der Waals surface area (Å²) in [6.45, 7) is 2.07. The zero-order valence-corrected chi connectivity index (χ0v) is 10.8. The quantitative estimate of drug-likeness (QED) is 0.861. The molecule has 0 amide bonds. The molecule has 96 valence electrons. The Balaban J connectivity index is 2.07. The number of aliphatic hydroxyl groups excluding tert-OH is 1. The maximum absolute atomic E-state index is 9.28. The summed E-state index contributed by atoms with van der Waals surface area (Å²) in [5.74, 6) is 0.873. The van der Waals surface area contributed by atoms with Crippen LogP contribution in [0.3, 0.4) is 0 Å². The summed E-state index contributed by atoms with van der Waals surface area (Å²) in [4.78, 5) is 0. The molecule has 1 atom stereocenters. The normalized spacial score (nSPS) is 16.2. The van der Waals surface area contributed by atoms with Crippen molar-refractivity contribution < 1.29 is 9.84 Å². The zero-order chi connectivity index (χ0) is 12.8. The molecule has 2 nitrogen and oxygen atoms in total. The van der Waals surface area contributed by atoms with E-state index in [-0.39, 0.29) is 0 Å². The summed E-state index contributed by atoms with van der Waals surface area (Å²) < 4.78 is 5.64. The van der Waals surface area contributed by atoms with E-state index >= 15 is 0 Å². The Labute approximate surface area is 109 Å². The molecule has 2 heteroatoms. The van der Waals surface area contributed by atoms with Gasteiger partial charge in [0.25, 0.3) is 0 Å². The molecule has 0 unspecified atom stereocenters. The van der Waals surface area contributed by atoms with Gasteiger partial charge in [-0.25, -0.2) is 0 Å². The molecule has 1 N–H and O–H groups in total. The van der Waals surface area contributed by atoms with Crippen molar-refractivity contribution in [2.45, 2.75) is 32.3 Å². The Bertz CT molecular complexity index is 444. The van der Waals surface area contributed by atoms with Crippen LogP contribution in [-0.4, -0.2) is 17.8 Å². The highest BCUT2D eigenvalue weighted by molar-refractivity contribution is 5.39.